The van der Waals surface area contributed by atoms with E-state index in [1.165, 1.54) is 12.1 Å². The monoisotopic (exact) mass is 356 g/mol. The first-order chi connectivity index (χ1) is 12.3. The minimum absolute atomic E-state index is 0.0305. The van der Waals surface area contributed by atoms with Crippen molar-refractivity contribution in [1.82, 2.24) is 4.90 Å². The highest BCUT2D eigenvalue weighted by atomic mass is 19.1. The number of para-hydroxylation sites is 1. The lowest BCUT2D eigenvalue weighted by Gasteiger charge is -2.28. The van der Waals surface area contributed by atoms with Crippen molar-refractivity contribution >= 4 is 11.6 Å². The van der Waals surface area contributed by atoms with Crippen molar-refractivity contribution in [2.24, 2.45) is 0 Å². The zero-order chi connectivity index (χ0) is 19.3. The highest BCUT2D eigenvalue weighted by Gasteiger charge is 2.19. The Balaban J connectivity index is 2.11. The van der Waals surface area contributed by atoms with E-state index in [1.807, 2.05) is 32.9 Å². The highest BCUT2D eigenvalue weighted by Crippen LogP contribution is 2.27. The third-order valence-corrected chi connectivity index (χ3v) is 4.84. The van der Waals surface area contributed by atoms with Gasteiger partial charge in [0.05, 0.1) is 6.54 Å². The molecule has 3 nitrogen and oxygen atoms in total. The number of carbonyl (C=O) groups excluding carboxylic acids is 1. The van der Waals surface area contributed by atoms with Crippen LogP contribution in [-0.2, 0) is 4.79 Å². The maximum Gasteiger partial charge on any atom is 0.238 e. The van der Waals surface area contributed by atoms with E-state index in [0.717, 1.165) is 28.9 Å². The van der Waals surface area contributed by atoms with Crippen LogP contribution >= 0.6 is 0 Å². The zero-order valence-electron chi connectivity index (χ0n) is 16.3. The first kappa shape index (κ1) is 20.1. The topological polar surface area (TPSA) is 32.3 Å². The van der Waals surface area contributed by atoms with Crippen molar-refractivity contribution < 1.29 is 9.18 Å². The second-order valence-electron chi connectivity index (χ2n) is 7.03. The van der Waals surface area contributed by atoms with Crippen molar-refractivity contribution in [3.8, 4) is 0 Å². The van der Waals surface area contributed by atoms with E-state index in [2.05, 4.69) is 30.1 Å². The fourth-order valence-electron chi connectivity index (χ4n) is 3.18. The van der Waals surface area contributed by atoms with Crippen molar-refractivity contribution in [1.29, 1.82) is 0 Å². The molecule has 0 aliphatic rings. The number of hydrogen-bond donors (Lipinski definition) is 1. The molecule has 0 aromatic heterocycles. The van der Waals surface area contributed by atoms with Gasteiger partial charge in [-0.05, 0) is 55.1 Å². The van der Waals surface area contributed by atoms with Gasteiger partial charge in [0.15, 0.2) is 0 Å². The highest BCUT2D eigenvalue weighted by molar-refractivity contribution is 5.94. The molecule has 2 aromatic carbocycles. The number of nitrogens with one attached hydrogen (secondary N) is 1. The van der Waals surface area contributed by atoms with Crippen LogP contribution in [0.15, 0.2) is 42.5 Å². The van der Waals surface area contributed by atoms with E-state index in [0.29, 0.717) is 12.5 Å². The number of nitrogens with zero attached hydrogens (tertiary/aromatic N) is 1. The molecule has 0 heterocycles. The Bertz CT molecular complexity index is 740. The van der Waals surface area contributed by atoms with Gasteiger partial charge in [-0.25, -0.2) is 4.39 Å². The van der Waals surface area contributed by atoms with Gasteiger partial charge in [0.2, 0.25) is 5.91 Å². The van der Waals surface area contributed by atoms with Crippen LogP contribution in [0.5, 0.6) is 0 Å². The molecular formula is C22H29FN2O. The second-order valence-corrected chi connectivity index (χ2v) is 7.03. The molecule has 1 N–H and O–H groups in total. The number of rotatable bonds is 7. The van der Waals surface area contributed by atoms with Crippen LogP contribution in [0, 0.1) is 12.7 Å². The largest absolute Gasteiger partial charge is 0.324 e. The fraction of sp³-hybridized carbons (Fsp3) is 0.409. The number of carbonyl (C=O) groups is 1. The van der Waals surface area contributed by atoms with Crippen molar-refractivity contribution in [3.05, 3.63) is 65.0 Å². The fourth-order valence-corrected chi connectivity index (χ4v) is 3.18. The van der Waals surface area contributed by atoms with Gasteiger partial charge in [-0.2, -0.15) is 0 Å². The number of likely N-dealkylation sites (N-methyl/N-ethyl adjacent to an activating group) is 1. The van der Waals surface area contributed by atoms with Crippen LogP contribution in [0.4, 0.5) is 10.1 Å². The smallest absolute Gasteiger partial charge is 0.238 e. The Kier molecular flexibility index (Phi) is 6.92. The van der Waals surface area contributed by atoms with Crippen LogP contribution in [0.2, 0.25) is 0 Å². The average molecular weight is 356 g/mol. The maximum atomic E-state index is 13.1. The van der Waals surface area contributed by atoms with Gasteiger partial charge in [0, 0.05) is 11.7 Å². The summed E-state index contributed by atoms with van der Waals surface area (Å²) in [7, 11) is 0. The number of halogens is 1. The SMILES string of the molecule is CCN(CC(=O)Nc1c(C)cccc1C(C)C)C(C)c1ccc(F)cc1. The lowest BCUT2D eigenvalue weighted by molar-refractivity contribution is -0.117. The maximum absolute atomic E-state index is 13.1. The summed E-state index contributed by atoms with van der Waals surface area (Å²) in [5.41, 5.74) is 4.13. The number of anilines is 1. The Hall–Kier alpha value is -2.20. The van der Waals surface area contributed by atoms with Gasteiger partial charge in [-0.1, -0.05) is 51.1 Å². The Morgan fingerprint density at radius 3 is 2.35 bits per heavy atom. The van der Waals surface area contributed by atoms with Gasteiger partial charge in [0.1, 0.15) is 5.82 Å². The summed E-state index contributed by atoms with van der Waals surface area (Å²) in [4.78, 5) is 14.8. The Morgan fingerprint density at radius 1 is 1.12 bits per heavy atom. The van der Waals surface area contributed by atoms with Crippen LogP contribution < -0.4 is 5.32 Å². The molecule has 0 aliphatic carbocycles. The summed E-state index contributed by atoms with van der Waals surface area (Å²) in [6, 6.07) is 12.6. The lowest BCUT2D eigenvalue weighted by atomic mass is 9.98. The van der Waals surface area contributed by atoms with E-state index in [-0.39, 0.29) is 17.8 Å². The molecular weight excluding hydrogens is 327 g/mol. The molecule has 0 bridgehead atoms. The molecule has 2 rings (SSSR count). The minimum atomic E-state index is -0.248. The summed E-state index contributed by atoms with van der Waals surface area (Å²) in [5.74, 6) is 0.0603. The van der Waals surface area contributed by atoms with Gasteiger partial charge >= 0.3 is 0 Å². The van der Waals surface area contributed by atoms with Crippen molar-refractivity contribution in [2.75, 3.05) is 18.4 Å². The predicted molar refractivity (Wildman–Crippen MR) is 106 cm³/mol. The quantitative estimate of drug-likeness (QED) is 0.732. The third kappa shape index (κ3) is 4.92. The van der Waals surface area contributed by atoms with Gasteiger partial charge in [0.25, 0.3) is 0 Å². The van der Waals surface area contributed by atoms with Crippen LogP contribution in [0.25, 0.3) is 0 Å². The third-order valence-electron chi connectivity index (χ3n) is 4.84. The van der Waals surface area contributed by atoms with Crippen molar-refractivity contribution in [2.45, 2.75) is 46.6 Å². The lowest BCUT2D eigenvalue weighted by Crippen LogP contribution is -2.35. The van der Waals surface area contributed by atoms with E-state index < -0.39 is 0 Å². The summed E-state index contributed by atoms with van der Waals surface area (Å²) in [6.07, 6.45) is 0. The molecule has 0 fully saturated rings. The van der Waals surface area contributed by atoms with E-state index in [4.69, 9.17) is 0 Å². The van der Waals surface area contributed by atoms with Crippen LogP contribution in [0.3, 0.4) is 0 Å². The van der Waals surface area contributed by atoms with E-state index >= 15 is 0 Å². The Labute approximate surface area is 156 Å². The number of amides is 1. The number of benzene rings is 2. The molecule has 1 atom stereocenters. The standard InChI is InChI=1S/C22H29FN2O/c1-6-25(17(5)18-10-12-19(23)13-11-18)14-21(26)24-22-16(4)8-7-9-20(22)15(2)3/h7-13,15,17H,6,14H2,1-5H3,(H,24,26). The van der Waals surface area contributed by atoms with E-state index in [1.54, 1.807) is 12.1 Å². The zero-order valence-corrected chi connectivity index (χ0v) is 16.3. The van der Waals surface area contributed by atoms with Crippen LogP contribution in [0.1, 0.15) is 56.3 Å². The molecule has 26 heavy (non-hydrogen) atoms. The molecule has 140 valence electrons. The Morgan fingerprint density at radius 2 is 1.77 bits per heavy atom. The molecule has 2 aromatic rings. The average Bonchev–Trinajstić information content (AvgIpc) is 2.61. The minimum Gasteiger partial charge on any atom is -0.324 e. The first-order valence-corrected chi connectivity index (χ1v) is 9.22. The summed E-state index contributed by atoms with van der Waals surface area (Å²) >= 11 is 0. The molecule has 0 aliphatic heterocycles. The van der Waals surface area contributed by atoms with Gasteiger partial charge in [-0.15, -0.1) is 0 Å². The predicted octanol–water partition coefficient (Wildman–Crippen LogP) is 5.28. The number of aryl methyl sites for hydroxylation is 1. The molecule has 1 unspecified atom stereocenters. The van der Waals surface area contributed by atoms with Crippen molar-refractivity contribution in [3.63, 3.8) is 0 Å². The number of hydrogen-bond acceptors (Lipinski definition) is 2. The summed E-state index contributed by atoms with van der Waals surface area (Å²) in [5, 5.41) is 3.10. The molecule has 1 amide bonds. The van der Waals surface area contributed by atoms with Gasteiger partial charge < -0.3 is 5.32 Å². The van der Waals surface area contributed by atoms with E-state index in [9.17, 15) is 9.18 Å². The molecule has 0 radical (unpaired) electrons. The van der Waals surface area contributed by atoms with Crippen LogP contribution in [-0.4, -0.2) is 23.9 Å². The van der Waals surface area contributed by atoms with Gasteiger partial charge in [-0.3, -0.25) is 9.69 Å². The summed E-state index contributed by atoms with van der Waals surface area (Å²) < 4.78 is 13.1. The molecule has 0 saturated heterocycles. The first-order valence-electron chi connectivity index (χ1n) is 9.22. The molecule has 4 heteroatoms. The summed E-state index contributed by atoms with van der Waals surface area (Å²) in [6.45, 7) is 11.4. The molecule has 0 spiro atoms. The molecule has 0 saturated carbocycles. The second kappa shape index (κ2) is 8.95. The normalized spacial score (nSPS) is 12.5.